The van der Waals surface area contributed by atoms with Crippen LogP contribution >= 0.6 is 15.9 Å². The van der Waals surface area contributed by atoms with Gasteiger partial charge in [-0.1, -0.05) is 30.3 Å². The number of hydrogen-bond donors (Lipinski definition) is 1. The number of hydrogen-bond acceptors (Lipinski definition) is 4. The highest BCUT2D eigenvalue weighted by molar-refractivity contribution is 9.10. The molecule has 0 spiro atoms. The van der Waals surface area contributed by atoms with Crippen LogP contribution in [0.1, 0.15) is 28.5 Å². The molecule has 4 rings (SSSR count). The smallest absolute Gasteiger partial charge is 0.271 e. The second-order valence-electron chi connectivity index (χ2n) is 7.76. The Morgan fingerprint density at radius 1 is 1.03 bits per heavy atom. The van der Waals surface area contributed by atoms with Crippen LogP contribution in [0.25, 0.3) is 16.9 Å². The summed E-state index contributed by atoms with van der Waals surface area (Å²) in [5, 5.41) is 4.12. The Labute approximate surface area is 213 Å². The fourth-order valence-electron chi connectivity index (χ4n) is 3.78. The molecule has 1 heterocycles. The zero-order chi connectivity index (χ0) is 24.8. The van der Waals surface area contributed by atoms with Gasteiger partial charge in [-0.15, -0.1) is 0 Å². The van der Waals surface area contributed by atoms with Gasteiger partial charge in [0.15, 0.2) is 11.5 Å². The molecule has 1 N–H and O–H groups in total. The van der Waals surface area contributed by atoms with Gasteiger partial charge in [0.2, 0.25) is 0 Å². The predicted octanol–water partition coefficient (Wildman–Crippen LogP) is 6.39. The van der Waals surface area contributed by atoms with Gasteiger partial charge in [0, 0.05) is 27.0 Å². The number of carbonyl (C=O) groups is 1. The van der Waals surface area contributed by atoms with Crippen molar-refractivity contribution >= 4 is 28.1 Å². The van der Waals surface area contributed by atoms with Crippen molar-refractivity contribution in [2.75, 3.05) is 13.7 Å². The third-order valence-corrected chi connectivity index (χ3v) is 6.17. The Kier molecular flexibility index (Phi) is 7.67. The zero-order valence-corrected chi connectivity index (χ0v) is 21.4. The highest BCUT2D eigenvalue weighted by Crippen LogP contribution is 2.33. The molecular weight excluding hydrogens is 506 g/mol. The van der Waals surface area contributed by atoms with Crippen molar-refractivity contribution in [3.63, 3.8) is 0 Å². The van der Waals surface area contributed by atoms with E-state index in [-0.39, 0.29) is 5.91 Å². The molecule has 6 nitrogen and oxygen atoms in total. The number of hydrazone groups is 1. The molecule has 178 valence electrons. The van der Waals surface area contributed by atoms with Crippen LogP contribution in [0.2, 0.25) is 0 Å². The fourth-order valence-corrected chi connectivity index (χ4v) is 4.20. The maximum Gasteiger partial charge on any atom is 0.271 e. The van der Waals surface area contributed by atoms with E-state index in [1.807, 2.05) is 37.3 Å². The molecule has 0 fully saturated rings. The Morgan fingerprint density at radius 2 is 1.77 bits per heavy atom. The quantitative estimate of drug-likeness (QED) is 0.211. The van der Waals surface area contributed by atoms with Crippen molar-refractivity contribution in [3.8, 4) is 28.4 Å². The zero-order valence-electron chi connectivity index (χ0n) is 19.8. The summed E-state index contributed by atoms with van der Waals surface area (Å²) in [5.41, 5.74) is 8.18. The number of halogens is 1. The van der Waals surface area contributed by atoms with Crippen LogP contribution < -0.4 is 14.9 Å². The highest BCUT2D eigenvalue weighted by atomic mass is 79.9. The summed E-state index contributed by atoms with van der Waals surface area (Å²) in [6.07, 6.45) is 1.56. The number of ether oxygens (including phenoxy) is 2. The van der Waals surface area contributed by atoms with Crippen molar-refractivity contribution in [3.05, 3.63) is 100 Å². The molecular formula is C28H26BrN3O3. The van der Waals surface area contributed by atoms with Gasteiger partial charge >= 0.3 is 0 Å². The van der Waals surface area contributed by atoms with Crippen LogP contribution in [0.5, 0.6) is 11.5 Å². The average molecular weight is 532 g/mol. The second-order valence-corrected chi connectivity index (χ2v) is 8.62. The Morgan fingerprint density at radius 3 is 2.46 bits per heavy atom. The molecule has 3 aromatic carbocycles. The number of nitrogens with zero attached hydrogens (tertiary/aromatic N) is 2. The van der Waals surface area contributed by atoms with Crippen LogP contribution in [-0.2, 0) is 0 Å². The van der Waals surface area contributed by atoms with E-state index < -0.39 is 0 Å². The summed E-state index contributed by atoms with van der Waals surface area (Å²) in [6.45, 7) is 4.48. The van der Waals surface area contributed by atoms with E-state index in [0.717, 1.165) is 32.7 Å². The summed E-state index contributed by atoms with van der Waals surface area (Å²) in [4.78, 5) is 12.7. The van der Waals surface area contributed by atoms with Gasteiger partial charge in [-0.2, -0.15) is 5.10 Å². The van der Waals surface area contributed by atoms with Gasteiger partial charge in [-0.3, -0.25) is 4.79 Å². The number of nitrogens with one attached hydrogen (secondary N) is 1. The van der Waals surface area contributed by atoms with E-state index in [1.165, 1.54) is 0 Å². The first-order valence-electron chi connectivity index (χ1n) is 11.2. The van der Waals surface area contributed by atoms with Gasteiger partial charge < -0.3 is 14.0 Å². The van der Waals surface area contributed by atoms with E-state index in [4.69, 9.17) is 9.47 Å². The molecule has 0 bridgehead atoms. The topological polar surface area (TPSA) is 64.8 Å². The maximum atomic E-state index is 12.7. The first-order valence-corrected chi connectivity index (χ1v) is 12.0. The van der Waals surface area contributed by atoms with E-state index >= 15 is 0 Å². The van der Waals surface area contributed by atoms with Crippen LogP contribution in [0.4, 0.5) is 0 Å². The Hall–Kier alpha value is -3.84. The molecule has 35 heavy (non-hydrogen) atoms. The molecule has 0 atom stereocenters. The van der Waals surface area contributed by atoms with Crippen molar-refractivity contribution in [1.82, 2.24) is 9.99 Å². The van der Waals surface area contributed by atoms with Crippen molar-refractivity contribution in [2.45, 2.75) is 13.8 Å². The van der Waals surface area contributed by atoms with Gasteiger partial charge in [0.25, 0.3) is 5.91 Å². The average Bonchev–Trinajstić information content (AvgIpc) is 3.27. The standard InChI is InChI=1S/C28H26BrN3O3/c1-4-35-27-16-22(24(29)17-26(27)34-3)18-30-31-28(33)21-11-13-23(14-12-21)32-19(2)10-15-25(32)20-8-6-5-7-9-20/h5-18H,4H2,1-3H3,(H,31,33)/b30-18+. The number of aryl methyl sites for hydroxylation is 1. The molecule has 1 amide bonds. The van der Waals surface area contributed by atoms with Crippen LogP contribution in [0.3, 0.4) is 0 Å². The number of methoxy groups -OCH3 is 1. The monoisotopic (exact) mass is 531 g/mol. The van der Waals surface area contributed by atoms with E-state index in [1.54, 1.807) is 37.6 Å². The molecule has 1 aromatic heterocycles. The number of aromatic nitrogens is 1. The predicted molar refractivity (Wildman–Crippen MR) is 143 cm³/mol. The molecule has 0 aliphatic carbocycles. The number of carbonyl (C=O) groups excluding carboxylic acids is 1. The minimum absolute atomic E-state index is 0.296. The first-order chi connectivity index (χ1) is 17.0. The third kappa shape index (κ3) is 5.46. The summed E-state index contributed by atoms with van der Waals surface area (Å²) in [7, 11) is 1.59. The van der Waals surface area contributed by atoms with Crippen LogP contribution in [0.15, 0.2) is 88.4 Å². The molecule has 0 unspecified atom stereocenters. The minimum atomic E-state index is -0.296. The van der Waals surface area contributed by atoms with Crippen molar-refractivity contribution in [1.29, 1.82) is 0 Å². The molecule has 0 radical (unpaired) electrons. The largest absolute Gasteiger partial charge is 0.493 e. The van der Waals surface area contributed by atoms with Crippen LogP contribution in [-0.4, -0.2) is 30.4 Å². The van der Waals surface area contributed by atoms with Gasteiger partial charge in [-0.25, -0.2) is 5.43 Å². The van der Waals surface area contributed by atoms with Gasteiger partial charge in [0.05, 0.1) is 25.6 Å². The van der Waals surface area contributed by atoms with Gasteiger partial charge in [0.1, 0.15) is 0 Å². The second kappa shape index (κ2) is 11.1. The summed E-state index contributed by atoms with van der Waals surface area (Å²) in [5.74, 6) is 0.931. The lowest BCUT2D eigenvalue weighted by atomic mass is 10.1. The Balaban J connectivity index is 1.49. The number of benzene rings is 3. The summed E-state index contributed by atoms with van der Waals surface area (Å²) in [6, 6.07) is 25.5. The van der Waals surface area contributed by atoms with E-state index in [9.17, 15) is 4.79 Å². The van der Waals surface area contributed by atoms with Crippen LogP contribution in [0, 0.1) is 6.92 Å². The normalized spacial score (nSPS) is 11.0. The highest BCUT2D eigenvalue weighted by Gasteiger charge is 2.12. The lowest BCUT2D eigenvalue weighted by Gasteiger charge is -2.13. The fraction of sp³-hybridized carbons (Fsp3) is 0.143. The first kappa shape index (κ1) is 24.3. The summed E-state index contributed by atoms with van der Waals surface area (Å²) < 4.78 is 13.9. The lowest BCUT2D eigenvalue weighted by molar-refractivity contribution is 0.0955. The van der Waals surface area contributed by atoms with E-state index in [0.29, 0.717) is 23.7 Å². The molecule has 0 aliphatic heterocycles. The molecule has 0 saturated heterocycles. The summed E-state index contributed by atoms with van der Waals surface area (Å²) >= 11 is 3.50. The van der Waals surface area contributed by atoms with E-state index in [2.05, 4.69) is 62.2 Å². The molecule has 0 saturated carbocycles. The third-order valence-electron chi connectivity index (χ3n) is 5.49. The molecule has 7 heteroatoms. The van der Waals surface area contributed by atoms with Crippen molar-refractivity contribution in [2.24, 2.45) is 5.10 Å². The van der Waals surface area contributed by atoms with Gasteiger partial charge in [-0.05, 0) is 83.9 Å². The number of amides is 1. The lowest BCUT2D eigenvalue weighted by Crippen LogP contribution is -2.17. The molecule has 0 aliphatic rings. The number of rotatable bonds is 8. The maximum absolute atomic E-state index is 12.7. The Bertz CT molecular complexity index is 1350. The van der Waals surface area contributed by atoms with Crippen molar-refractivity contribution < 1.29 is 14.3 Å². The SMILES string of the molecule is CCOc1cc(/C=N/NC(=O)c2ccc(-n3c(C)ccc3-c3ccccc3)cc2)c(Br)cc1OC. The minimum Gasteiger partial charge on any atom is -0.493 e. The molecule has 4 aromatic rings.